The molecule has 0 unspecified atom stereocenters. The van der Waals surface area contributed by atoms with Crippen LogP contribution in [0.4, 0.5) is 11.4 Å². The quantitative estimate of drug-likeness (QED) is 0.160. The molecule has 2 aromatic heterocycles. The Hall–Kier alpha value is -5.52. The molecule has 6 rings (SSSR count). The number of hydrogen-bond acceptors (Lipinski definition) is 9. The van der Waals surface area contributed by atoms with E-state index in [0.717, 1.165) is 43.0 Å². The molecule has 1 aliphatic heterocycles. The molecule has 5 aromatic rings. The number of methoxy groups -OCH3 is 1. The Morgan fingerprint density at radius 1 is 0.938 bits per heavy atom. The molecule has 0 atom stereocenters. The molecular weight excluding hydrogens is 608 g/mol. The van der Waals surface area contributed by atoms with Gasteiger partial charge in [-0.15, -0.1) is 0 Å². The Balaban J connectivity index is 1.31. The van der Waals surface area contributed by atoms with Gasteiger partial charge in [0.2, 0.25) is 5.91 Å². The summed E-state index contributed by atoms with van der Waals surface area (Å²) in [4.78, 5) is 43.6. The Morgan fingerprint density at radius 2 is 1.62 bits per heavy atom. The standard InChI is InChI=1S/C37H38N6O5/c1-41-18-20-43(21-19-41)23-33(44)42(2)29-9-7-28(8-10-29)39-35(26-4-11-30(12-5-26)48-24-25-14-16-38-17-15-25)34-31-22-27(37(46)47-3)6-13-32(31)40-36(34)45/h4-17,22,40,45H,18-21,23-24H2,1-3H3. The summed E-state index contributed by atoms with van der Waals surface area (Å²) in [6.45, 7) is 4.39. The summed E-state index contributed by atoms with van der Waals surface area (Å²) in [5, 5.41) is 11.8. The second kappa shape index (κ2) is 14.5. The lowest BCUT2D eigenvalue weighted by molar-refractivity contribution is -0.119. The fraction of sp³-hybridized carbons (Fsp3) is 0.243. The predicted octanol–water partition coefficient (Wildman–Crippen LogP) is 5.01. The number of esters is 1. The fourth-order valence-corrected chi connectivity index (χ4v) is 5.61. The Kier molecular flexibility index (Phi) is 9.79. The number of anilines is 1. The van der Waals surface area contributed by atoms with Gasteiger partial charge >= 0.3 is 5.97 Å². The van der Waals surface area contributed by atoms with E-state index in [-0.39, 0.29) is 11.8 Å². The number of carbonyl (C=O) groups excluding carboxylic acids is 2. The number of ether oxygens (including phenoxy) is 2. The maximum absolute atomic E-state index is 13.1. The number of aromatic hydroxyl groups is 1. The van der Waals surface area contributed by atoms with Gasteiger partial charge < -0.3 is 29.4 Å². The highest BCUT2D eigenvalue weighted by Gasteiger charge is 2.22. The molecule has 246 valence electrons. The number of aliphatic imine (C=N–C) groups is 1. The number of nitrogens with one attached hydrogen (secondary N) is 1. The van der Waals surface area contributed by atoms with Crippen LogP contribution in [0.3, 0.4) is 0 Å². The number of amides is 1. The molecule has 3 aromatic carbocycles. The first-order chi connectivity index (χ1) is 23.3. The summed E-state index contributed by atoms with van der Waals surface area (Å²) < 4.78 is 10.9. The number of H-pyrrole nitrogens is 1. The van der Waals surface area contributed by atoms with Gasteiger partial charge in [-0.2, -0.15) is 0 Å². The molecule has 3 heterocycles. The van der Waals surface area contributed by atoms with Crippen molar-refractivity contribution in [1.82, 2.24) is 19.8 Å². The van der Waals surface area contributed by atoms with Gasteiger partial charge in [-0.25, -0.2) is 9.79 Å². The summed E-state index contributed by atoms with van der Waals surface area (Å²) in [5.41, 5.74) is 4.98. The van der Waals surface area contributed by atoms with E-state index in [1.54, 1.807) is 42.5 Å². The number of hydrogen-bond donors (Lipinski definition) is 2. The molecule has 1 aliphatic rings. The van der Waals surface area contributed by atoms with Gasteiger partial charge in [-0.1, -0.05) is 0 Å². The number of piperazine rings is 1. The third-order valence-electron chi connectivity index (χ3n) is 8.53. The van der Waals surface area contributed by atoms with Gasteiger partial charge in [0.1, 0.15) is 12.4 Å². The van der Waals surface area contributed by atoms with Gasteiger partial charge in [-0.05, 0) is 91.5 Å². The van der Waals surface area contributed by atoms with E-state index in [2.05, 4.69) is 26.8 Å². The number of pyridine rings is 1. The van der Waals surface area contributed by atoms with Crippen LogP contribution in [0.15, 0.2) is 96.2 Å². The van der Waals surface area contributed by atoms with Gasteiger partial charge in [0.15, 0.2) is 5.88 Å². The summed E-state index contributed by atoms with van der Waals surface area (Å²) in [7, 11) is 5.20. The Morgan fingerprint density at radius 3 is 2.31 bits per heavy atom. The average Bonchev–Trinajstić information content (AvgIpc) is 3.45. The summed E-state index contributed by atoms with van der Waals surface area (Å²) in [6.07, 6.45) is 3.45. The maximum atomic E-state index is 13.1. The minimum atomic E-state index is -0.486. The molecule has 1 saturated heterocycles. The first-order valence-electron chi connectivity index (χ1n) is 15.7. The van der Waals surface area contributed by atoms with Crippen LogP contribution in [0.1, 0.15) is 27.0 Å². The van der Waals surface area contributed by atoms with Crippen molar-refractivity contribution in [2.45, 2.75) is 6.61 Å². The van der Waals surface area contributed by atoms with E-state index in [1.807, 2.05) is 60.7 Å². The van der Waals surface area contributed by atoms with Crippen LogP contribution < -0.4 is 9.64 Å². The number of likely N-dealkylation sites (N-methyl/N-ethyl adjacent to an activating group) is 2. The third kappa shape index (κ3) is 7.38. The van der Waals surface area contributed by atoms with E-state index >= 15 is 0 Å². The highest BCUT2D eigenvalue weighted by Crippen LogP contribution is 2.33. The van der Waals surface area contributed by atoms with Crippen LogP contribution in [0.2, 0.25) is 0 Å². The number of rotatable bonds is 10. The molecule has 1 amide bonds. The summed E-state index contributed by atoms with van der Waals surface area (Å²) >= 11 is 0. The third-order valence-corrected chi connectivity index (χ3v) is 8.53. The van der Waals surface area contributed by atoms with Crippen LogP contribution in [0.25, 0.3) is 10.9 Å². The largest absolute Gasteiger partial charge is 0.494 e. The van der Waals surface area contributed by atoms with Crippen molar-refractivity contribution in [2.75, 3.05) is 58.8 Å². The average molecular weight is 647 g/mol. The first-order valence-corrected chi connectivity index (χ1v) is 15.7. The lowest BCUT2D eigenvalue weighted by Crippen LogP contribution is -2.48. The monoisotopic (exact) mass is 646 g/mol. The molecule has 0 spiro atoms. The second-order valence-electron chi connectivity index (χ2n) is 11.8. The molecule has 1 fully saturated rings. The molecule has 0 aliphatic carbocycles. The Bertz CT molecular complexity index is 1910. The maximum Gasteiger partial charge on any atom is 0.337 e. The molecule has 0 bridgehead atoms. The lowest BCUT2D eigenvalue weighted by atomic mass is 9.99. The van der Waals surface area contributed by atoms with Crippen molar-refractivity contribution in [3.05, 3.63) is 114 Å². The Labute approximate surface area is 279 Å². The fourth-order valence-electron chi connectivity index (χ4n) is 5.61. The van der Waals surface area contributed by atoms with Gasteiger partial charge in [0, 0.05) is 67.8 Å². The minimum absolute atomic E-state index is 0.0212. The van der Waals surface area contributed by atoms with E-state index in [4.69, 9.17) is 14.5 Å². The second-order valence-corrected chi connectivity index (χ2v) is 11.8. The zero-order valence-corrected chi connectivity index (χ0v) is 27.2. The van der Waals surface area contributed by atoms with Crippen LogP contribution in [0, 0.1) is 0 Å². The van der Waals surface area contributed by atoms with E-state index in [1.165, 1.54) is 7.11 Å². The van der Waals surface area contributed by atoms with Crippen molar-refractivity contribution in [3.63, 3.8) is 0 Å². The molecular formula is C37H38N6O5. The summed E-state index contributed by atoms with van der Waals surface area (Å²) in [6, 6.07) is 23.7. The predicted molar refractivity (Wildman–Crippen MR) is 185 cm³/mol. The van der Waals surface area contributed by atoms with E-state index in [0.29, 0.717) is 52.3 Å². The number of carbonyl (C=O) groups is 2. The minimum Gasteiger partial charge on any atom is -0.494 e. The zero-order valence-electron chi connectivity index (χ0n) is 27.2. The van der Waals surface area contributed by atoms with Crippen LogP contribution >= 0.6 is 0 Å². The van der Waals surface area contributed by atoms with Crippen molar-refractivity contribution in [2.24, 2.45) is 4.99 Å². The number of fused-ring (bicyclic) bond motifs is 1. The van der Waals surface area contributed by atoms with Gasteiger partial charge in [0.05, 0.1) is 36.2 Å². The van der Waals surface area contributed by atoms with Gasteiger partial charge in [0.25, 0.3) is 0 Å². The molecule has 2 N–H and O–H groups in total. The smallest absolute Gasteiger partial charge is 0.337 e. The highest BCUT2D eigenvalue weighted by molar-refractivity contribution is 6.22. The van der Waals surface area contributed by atoms with E-state index < -0.39 is 5.97 Å². The van der Waals surface area contributed by atoms with Crippen LogP contribution in [-0.4, -0.2) is 96.4 Å². The molecule has 48 heavy (non-hydrogen) atoms. The normalized spacial score (nSPS) is 14.2. The zero-order chi connectivity index (χ0) is 33.6. The number of aromatic amines is 1. The molecule has 0 radical (unpaired) electrons. The number of aromatic nitrogens is 2. The number of nitrogens with zero attached hydrogens (tertiary/aromatic N) is 5. The molecule has 11 heteroatoms. The summed E-state index contributed by atoms with van der Waals surface area (Å²) in [5.74, 6) is 0.113. The topological polar surface area (TPSA) is 124 Å². The van der Waals surface area contributed by atoms with Gasteiger partial charge in [-0.3, -0.25) is 14.7 Å². The highest BCUT2D eigenvalue weighted by atomic mass is 16.5. The first kappa shape index (κ1) is 32.4. The number of benzene rings is 3. The SMILES string of the molecule is COC(=O)c1ccc2[nH]c(O)c(C(=Nc3ccc(N(C)C(=O)CN4CCN(C)CC4)cc3)c3ccc(OCc4ccncc4)cc3)c2c1. The lowest BCUT2D eigenvalue weighted by Gasteiger charge is -2.32. The van der Waals surface area contributed by atoms with Crippen LogP contribution in [0.5, 0.6) is 11.6 Å². The van der Waals surface area contributed by atoms with Crippen molar-refractivity contribution in [1.29, 1.82) is 0 Å². The van der Waals surface area contributed by atoms with Crippen molar-refractivity contribution < 1.29 is 24.2 Å². The molecule has 11 nitrogen and oxygen atoms in total. The molecule has 0 saturated carbocycles. The van der Waals surface area contributed by atoms with Crippen molar-refractivity contribution in [3.8, 4) is 11.6 Å². The van der Waals surface area contributed by atoms with Crippen LogP contribution in [-0.2, 0) is 16.1 Å². The van der Waals surface area contributed by atoms with E-state index in [9.17, 15) is 14.7 Å². The van der Waals surface area contributed by atoms with Crippen molar-refractivity contribution >= 4 is 39.9 Å².